The summed E-state index contributed by atoms with van der Waals surface area (Å²) in [6, 6.07) is 23.1. The monoisotopic (exact) mass is 496 g/mol. The maximum absolute atomic E-state index is 13.7. The Hall–Kier alpha value is -3.90. The van der Waals surface area contributed by atoms with Gasteiger partial charge >= 0.3 is 5.97 Å². The van der Waals surface area contributed by atoms with Gasteiger partial charge in [-0.3, -0.25) is 9.20 Å². The van der Waals surface area contributed by atoms with Crippen molar-refractivity contribution in [2.24, 2.45) is 0 Å². The number of pyridine rings is 2. The first-order valence-electron chi connectivity index (χ1n) is 12.2. The third-order valence-electron chi connectivity index (χ3n) is 6.60. The van der Waals surface area contributed by atoms with Crippen molar-refractivity contribution < 1.29 is 9.53 Å². The van der Waals surface area contributed by atoms with Gasteiger partial charge in [0.05, 0.1) is 15.8 Å². The van der Waals surface area contributed by atoms with E-state index in [1.54, 1.807) is 16.7 Å². The van der Waals surface area contributed by atoms with Gasteiger partial charge in [0.25, 0.3) is 5.56 Å². The number of hydrogen-bond donors (Lipinski definition) is 0. The Morgan fingerprint density at radius 1 is 1.00 bits per heavy atom. The average molecular weight is 497 g/mol. The fraction of sp³-hybridized carbons (Fsp3) is 0.200. The molecule has 3 aromatic heterocycles. The lowest BCUT2D eigenvalue weighted by molar-refractivity contribution is 0.0340. The molecule has 5 nitrogen and oxygen atoms in total. The van der Waals surface area contributed by atoms with Crippen LogP contribution in [0.25, 0.3) is 26.7 Å². The van der Waals surface area contributed by atoms with Gasteiger partial charge in [0, 0.05) is 30.5 Å². The lowest BCUT2D eigenvalue weighted by Crippen LogP contribution is -2.22. The van der Waals surface area contributed by atoms with Crippen LogP contribution in [0.5, 0.6) is 0 Å². The molecule has 0 bridgehead atoms. The van der Waals surface area contributed by atoms with Crippen molar-refractivity contribution in [2.45, 2.75) is 26.9 Å². The van der Waals surface area contributed by atoms with Crippen molar-refractivity contribution in [3.63, 3.8) is 0 Å². The largest absolute Gasteiger partial charge is 0.454 e. The molecule has 0 N–H and O–H groups in total. The Bertz CT molecular complexity index is 1600. The smallest absolute Gasteiger partial charge is 0.340 e. The van der Waals surface area contributed by atoms with Crippen molar-refractivity contribution in [3.05, 3.63) is 106 Å². The Labute approximate surface area is 214 Å². The van der Waals surface area contributed by atoms with E-state index in [0.717, 1.165) is 40.0 Å². The van der Waals surface area contributed by atoms with E-state index in [0.29, 0.717) is 16.6 Å². The number of rotatable bonds is 7. The first-order chi connectivity index (χ1) is 17.5. The highest BCUT2D eigenvalue weighted by molar-refractivity contribution is 7.18. The van der Waals surface area contributed by atoms with Crippen molar-refractivity contribution in [3.8, 4) is 11.1 Å². The molecule has 0 aliphatic carbocycles. The minimum atomic E-state index is -0.456. The van der Waals surface area contributed by atoms with Gasteiger partial charge in [-0.15, -0.1) is 11.3 Å². The minimum absolute atomic E-state index is 0.164. The van der Waals surface area contributed by atoms with Gasteiger partial charge in [-0.1, -0.05) is 42.5 Å². The van der Waals surface area contributed by atoms with Crippen LogP contribution in [0.1, 0.15) is 42.8 Å². The molecular weight excluding hydrogens is 468 g/mol. The molecule has 6 heteroatoms. The number of nitrogens with zero attached hydrogens (tertiary/aromatic N) is 2. The van der Waals surface area contributed by atoms with E-state index in [1.165, 1.54) is 11.3 Å². The van der Waals surface area contributed by atoms with E-state index in [-0.39, 0.29) is 5.56 Å². The third kappa shape index (κ3) is 4.29. The summed E-state index contributed by atoms with van der Waals surface area (Å²) in [6.45, 7) is 7.93. The number of anilines is 1. The van der Waals surface area contributed by atoms with Gasteiger partial charge in [0.1, 0.15) is 6.10 Å². The van der Waals surface area contributed by atoms with Gasteiger partial charge < -0.3 is 9.64 Å². The maximum Gasteiger partial charge on any atom is 0.340 e. The van der Waals surface area contributed by atoms with E-state index in [9.17, 15) is 9.59 Å². The molecule has 5 rings (SSSR count). The van der Waals surface area contributed by atoms with Crippen molar-refractivity contribution in [2.75, 3.05) is 18.0 Å². The quantitative estimate of drug-likeness (QED) is 0.229. The summed E-state index contributed by atoms with van der Waals surface area (Å²) >= 11 is 1.51. The van der Waals surface area contributed by atoms with Crippen LogP contribution in [-0.2, 0) is 4.74 Å². The number of thiophene rings is 1. The van der Waals surface area contributed by atoms with Crippen molar-refractivity contribution >= 4 is 38.6 Å². The minimum Gasteiger partial charge on any atom is -0.454 e. The Morgan fingerprint density at radius 3 is 2.53 bits per heavy atom. The van der Waals surface area contributed by atoms with E-state index in [2.05, 4.69) is 30.9 Å². The molecule has 5 aromatic rings. The molecule has 0 fully saturated rings. The standard InChI is InChI=1S/C30H28N2O3S/c1-4-31(5-2)24-13-9-12-23(18-24)20(3)35-30(34)26-19-25(21-10-7-6-8-11-21)29(33)32-16-14-22-15-17-36-28(22)27(26)32/h6-20H,4-5H2,1-3H3. The highest BCUT2D eigenvalue weighted by Gasteiger charge is 2.22. The number of aromatic nitrogens is 1. The number of esters is 1. The number of carbonyl (C=O) groups is 1. The van der Waals surface area contributed by atoms with Gasteiger partial charge in [-0.05, 0) is 73.0 Å². The zero-order valence-electron chi connectivity index (χ0n) is 20.6. The fourth-order valence-corrected chi connectivity index (χ4v) is 5.59. The topological polar surface area (TPSA) is 51.0 Å². The van der Waals surface area contributed by atoms with Crippen LogP contribution in [0.15, 0.2) is 89.2 Å². The highest BCUT2D eigenvalue weighted by atomic mass is 32.1. The fourth-order valence-electron chi connectivity index (χ4n) is 4.64. The second-order valence-corrected chi connectivity index (χ2v) is 9.61. The zero-order chi connectivity index (χ0) is 25.2. The van der Waals surface area contributed by atoms with Crippen LogP contribution >= 0.6 is 11.3 Å². The first kappa shape index (κ1) is 23.8. The van der Waals surface area contributed by atoms with E-state index in [1.807, 2.05) is 66.9 Å². The summed E-state index contributed by atoms with van der Waals surface area (Å²) in [5, 5.41) is 2.96. The molecule has 0 saturated heterocycles. The van der Waals surface area contributed by atoms with Gasteiger partial charge in [0.2, 0.25) is 0 Å². The predicted octanol–water partition coefficient (Wildman–Crippen LogP) is 6.95. The lowest BCUT2D eigenvalue weighted by Gasteiger charge is -2.23. The maximum atomic E-state index is 13.7. The number of ether oxygens (including phenoxy) is 1. The molecule has 3 heterocycles. The summed E-state index contributed by atoms with van der Waals surface area (Å²) in [7, 11) is 0. The molecule has 1 atom stereocenters. The molecule has 36 heavy (non-hydrogen) atoms. The van der Waals surface area contributed by atoms with Gasteiger partial charge in [-0.2, -0.15) is 0 Å². The molecule has 182 valence electrons. The summed E-state index contributed by atoms with van der Waals surface area (Å²) in [5.74, 6) is -0.452. The van der Waals surface area contributed by atoms with Crippen molar-refractivity contribution in [1.29, 1.82) is 0 Å². The Balaban J connectivity index is 1.60. The lowest BCUT2D eigenvalue weighted by atomic mass is 10.0. The normalized spacial score (nSPS) is 12.1. The van der Waals surface area contributed by atoms with Crippen LogP contribution in [0.3, 0.4) is 0 Å². The predicted molar refractivity (Wildman–Crippen MR) is 148 cm³/mol. The molecule has 0 spiro atoms. The molecule has 0 amide bonds. The summed E-state index contributed by atoms with van der Waals surface area (Å²) in [6.07, 6.45) is 1.29. The Morgan fingerprint density at radius 2 is 1.78 bits per heavy atom. The SMILES string of the molecule is CCN(CC)c1cccc(C(C)OC(=O)c2cc(-c3ccccc3)c(=O)n3ccc4ccsc4c23)c1. The van der Waals surface area contributed by atoms with Crippen LogP contribution in [0, 0.1) is 0 Å². The summed E-state index contributed by atoms with van der Waals surface area (Å²) < 4.78 is 8.48. The first-order valence-corrected chi connectivity index (χ1v) is 13.1. The molecule has 0 saturated carbocycles. The van der Waals surface area contributed by atoms with Crippen LogP contribution in [0.2, 0.25) is 0 Å². The summed E-state index contributed by atoms with van der Waals surface area (Å²) in [5.41, 5.74) is 4.06. The third-order valence-corrected chi connectivity index (χ3v) is 7.54. The zero-order valence-corrected chi connectivity index (χ0v) is 21.4. The van der Waals surface area contributed by atoms with E-state index < -0.39 is 12.1 Å². The molecule has 0 aliphatic rings. The summed E-state index contributed by atoms with van der Waals surface area (Å²) in [4.78, 5) is 29.4. The van der Waals surface area contributed by atoms with Crippen LogP contribution in [-0.4, -0.2) is 23.5 Å². The van der Waals surface area contributed by atoms with Crippen LogP contribution in [0.4, 0.5) is 5.69 Å². The van der Waals surface area contributed by atoms with Crippen molar-refractivity contribution in [1.82, 2.24) is 4.40 Å². The molecule has 0 aliphatic heterocycles. The number of fused-ring (bicyclic) bond motifs is 3. The van der Waals surface area contributed by atoms with Gasteiger partial charge in [0.15, 0.2) is 0 Å². The number of hydrogen-bond acceptors (Lipinski definition) is 5. The number of benzene rings is 2. The average Bonchev–Trinajstić information content (AvgIpc) is 3.39. The second-order valence-electron chi connectivity index (χ2n) is 8.70. The molecule has 2 aromatic carbocycles. The van der Waals surface area contributed by atoms with Crippen LogP contribution < -0.4 is 10.5 Å². The highest BCUT2D eigenvalue weighted by Crippen LogP contribution is 2.31. The number of carbonyl (C=O) groups excluding carboxylic acids is 1. The molecule has 0 radical (unpaired) electrons. The van der Waals surface area contributed by atoms with E-state index >= 15 is 0 Å². The Kier molecular flexibility index (Phi) is 6.61. The van der Waals surface area contributed by atoms with Gasteiger partial charge in [-0.25, -0.2) is 4.79 Å². The second kappa shape index (κ2) is 9.99. The van der Waals surface area contributed by atoms with E-state index in [4.69, 9.17) is 4.74 Å². The molecular formula is C30H28N2O3S. The molecule has 1 unspecified atom stereocenters.